The van der Waals surface area contributed by atoms with Crippen LogP contribution in [-0.2, 0) is 4.79 Å². The van der Waals surface area contributed by atoms with E-state index < -0.39 is 0 Å². The molecule has 164 valence electrons. The van der Waals surface area contributed by atoms with Crippen LogP contribution in [0.25, 0.3) is 0 Å². The number of rotatable bonds is 2. The van der Waals surface area contributed by atoms with Crippen LogP contribution in [0.2, 0.25) is 0 Å². The number of piperidine rings is 1. The molecule has 4 aliphatic rings. The Hall–Kier alpha value is -1.58. The molecule has 0 bridgehead atoms. The molecule has 1 saturated heterocycles. The summed E-state index contributed by atoms with van der Waals surface area (Å²) in [4.78, 5) is 14.5. The first-order chi connectivity index (χ1) is 14.2. The summed E-state index contributed by atoms with van der Waals surface area (Å²) in [6.07, 6.45) is 7.86. The predicted octanol–water partition coefficient (Wildman–Crippen LogP) is 5.68. The maximum atomic E-state index is 13.3. The highest BCUT2D eigenvalue weighted by Crippen LogP contribution is 2.66. The molecule has 3 aliphatic carbocycles. The summed E-state index contributed by atoms with van der Waals surface area (Å²) in [5.74, 6) is 3.63. The highest BCUT2D eigenvalue weighted by molar-refractivity contribution is 5.77. The molecule has 1 amide bonds. The Morgan fingerprint density at radius 3 is 2.57 bits per heavy atom. The molecule has 4 fully saturated rings. The van der Waals surface area contributed by atoms with Crippen LogP contribution in [0.3, 0.4) is 0 Å². The molecule has 4 heteroatoms. The number of carbonyl (C=O) groups excluding carboxylic acids is 1. The maximum absolute atomic E-state index is 13.3. The van der Waals surface area contributed by atoms with E-state index >= 15 is 0 Å². The van der Waals surface area contributed by atoms with Crippen LogP contribution in [0.1, 0.15) is 65.7 Å². The summed E-state index contributed by atoms with van der Waals surface area (Å²) in [5, 5.41) is 0. The largest absolute Gasteiger partial charge is 0.490 e. The van der Waals surface area contributed by atoms with Gasteiger partial charge in [0.2, 0.25) is 5.91 Å². The van der Waals surface area contributed by atoms with Crippen molar-refractivity contribution in [1.29, 1.82) is 0 Å². The van der Waals surface area contributed by atoms with Crippen molar-refractivity contribution in [3.05, 3.63) is 30.1 Å². The zero-order valence-corrected chi connectivity index (χ0v) is 18.9. The van der Waals surface area contributed by atoms with Crippen molar-refractivity contribution in [2.45, 2.75) is 77.9 Å². The minimum absolute atomic E-state index is 0.216. The molecule has 5 rings (SSSR count). The number of likely N-dealkylation sites (tertiary alicyclic amines) is 1. The van der Waals surface area contributed by atoms with Gasteiger partial charge in [0.05, 0.1) is 6.10 Å². The van der Waals surface area contributed by atoms with Gasteiger partial charge >= 0.3 is 0 Å². The van der Waals surface area contributed by atoms with E-state index in [1.165, 1.54) is 25.0 Å². The highest BCUT2D eigenvalue weighted by atomic mass is 19.1. The molecule has 1 aromatic rings. The van der Waals surface area contributed by atoms with Gasteiger partial charge in [-0.15, -0.1) is 0 Å². The molecule has 0 radical (unpaired) electrons. The standard InChI is InChI=1S/C26H36FNO2/c1-16-13-22-26(3,12-10-23(29)28(22)4)20-9-11-25(2)15-19(14-21(25)24(16)20)30-18-7-5-17(27)6-8-18/h5-8,16,19-22,24H,9-15H2,1-4H3/t16?,19?,20-,21+,22?,24-,25-,26-/m1/s1. The second kappa shape index (κ2) is 6.97. The summed E-state index contributed by atoms with van der Waals surface area (Å²) < 4.78 is 19.6. The van der Waals surface area contributed by atoms with Crippen LogP contribution < -0.4 is 4.74 Å². The quantitative estimate of drug-likeness (QED) is 0.624. The number of halogens is 1. The van der Waals surface area contributed by atoms with Crippen LogP contribution in [-0.4, -0.2) is 30.0 Å². The smallest absolute Gasteiger partial charge is 0.222 e. The Balaban J connectivity index is 1.39. The zero-order valence-electron chi connectivity index (χ0n) is 18.9. The van der Waals surface area contributed by atoms with E-state index in [0.717, 1.165) is 31.4 Å². The van der Waals surface area contributed by atoms with E-state index in [0.29, 0.717) is 47.5 Å². The maximum Gasteiger partial charge on any atom is 0.222 e. The molecule has 0 N–H and O–H groups in total. The number of benzene rings is 1. The van der Waals surface area contributed by atoms with Crippen molar-refractivity contribution in [3.8, 4) is 5.75 Å². The summed E-state index contributed by atoms with van der Waals surface area (Å²) in [7, 11) is 2.03. The average molecular weight is 414 g/mol. The predicted molar refractivity (Wildman–Crippen MR) is 116 cm³/mol. The molecule has 0 aromatic heterocycles. The number of hydrogen-bond acceptors (Lipinski definition) is 2. The van der Waals surface area contributed by atoms with Gasteiger partial charge in [0.1, 0.15) is 11.6 Å². The average Bonchev–Trinajstić information content (AvgIpc) is 3.04. The molecule has 30 heavy (non-hydrogen) atoms. The monoisotopic (exact) mass is 413 g/mol. The van der Waals surface area contributed by atoms with Crippen LogP contribution in [0.5, 0.6) is 5.75 Å². The lowest BCUT2D eigenvalue weighted by Gasteiger charge is -2.63. The van der Waals surface area contributed by atoms with E-state index in [1.807, 2.05) is 7.05 Å². The molecule has 1 heterocycles. The van der Waals surface area contributed by atoms with Crippen molar-refractivity contribution in [2.75, 3.05) is 7.05 Å². The second-order valence-corrected chi connectivity index (χ2v) is 11.4. The Labute approximate surface area is 180 Å². The molecule has 1 aliphatic heterocycles. The third-order valence-electron chi connectivity index (χ3n) is 9.78. The van der Waals surface area contributed by atoms with Crippen LogP contribution >= 0.6 is 0 Å². The fraction of sp³-hybridized carbons (Fsp3) is 0.731. The summed E-state index contributed by atoms with van der Waals surface area (Å²) >= 11 is 0. The van der Waals surface area contributed by atoms with Crippen molar-refractivity contribution in [3.63, 3.8) is 0 Å². The van der Waals surface area contributed by atoms with E-state index in [-0.39, 0.29) is 17.3 Å². The minimum Gasteiger partial charge on any atom is -0.490 e. The van der Waals surface area contributed by atoms with Gasteiger partial charge in [-0.2, -0.15) is 0 Å². The van der Waals surface area contributed by atoms with Gasteiger partial charge in [-0.25, -0.2) is 4.39 Å². The number of fused-ring (bicyclic) bond motifs is 5. The van der Waals surface area contributed by atoms with Gasteiger partial charge in [0.25, 0.3) is 0 Å². The Kier molecular flexibility index (Phi) is 4.72. The molecular weight excluding hydrogens is 377 g/mol. The zero-order chi connectivity index (χ0) is 21.3. The van der Waals surface area contributed by atoms with Gasteiger partial charge in [-0.1, -0.05) is 20.8 Å². The van der Waals surface area contributed by atoms with Crippen molar-refractivity contribution in [2.24, 2.45) is 34.5 Å². The fourth-order valence-corrected chi connectivity index (χ4v) is 8.25. The number of ether oxygens (including phenoxy) is 1. The number of hydrogen-bond donors (Lipinski definition) is 0. The number of nitrogens with zero attached hydrogens (tertiary/aromatic N) is 1. The topological polar surface area (TPSA) is 29.5 Å². The molecular formula is C26H36FNO2. The van der Waals surface area contributed by atoms with Crippen LogP contribution in [0.15, 0.2) is 24.3 Å². The number of amides is 1. The Morgan fingerprint density at radius 2 is 1.83 bits per heavy atom. The lowest BCUT2D eigenvalue weighted by atomic mass is 9.45. The molecule has 8 atom stereocenters. The van der Waals surface area contributed by atoms with Gasteiger partial charge in [0.15, 0.2) is 0 Å². The lowest BCUT2D eigenvalue weighted by Crippen LogP contribution is -2.62. The van der Waals surface area contributed by atoms with E-state index in [1.54, 1.807) is 12.1 Å². The Morgan fingerprint density at radius 1 is 1.10 bits per heavy atom. The van der Waals surface area contributed by atoms with Crippen molar-refractivity contribution >= 4 is 5.91 Å². The third-order valence-corrected chi connectivity index (χ3v) is 9.78. The molecule has 3 unspecified atom stereocenters. The van der Waals surface area contributed by atoms with Crippen LogP contribution in [0.4, 0.5) is 4.39 Å². The van der Waals surface area contributed by atoms with Crippen molar-refractivity contribution < 1.29 is 13.9 Å². The lowest BCUT2D eigenvalue weighted by molar-refractivity contribution is -0.164. The fourth-order valence-electron chi connectivity index (χ4n) is 8.25. The van der Waals surface area contributed by atoms with Crippen LogP contribution in [0, 0.1) is 40.3 Å². The summed E-state index contributed by atoms with van der Waals surface area (Å²) in [6.45, 7) is 7.40. The molecule has 0 spiro atoms. The van der Waals surface area contributed by atoms with Gasteiger partial charge < -0.3 is 9.64 Å². The van der Waals surface area contributed by atoms with E-state index in [9.17, 15) is 9.18 Å². The normalized spacial score (nSPS) is 45.5. The SMILES string of the molecule is CC1CC2N(C)C(=O)CC[C@]2(C)[C@@H]2CC[C@]3(C)CC(Oc4ccc(F)cc4)C[C@H]3[C@H]12. The first-order valence-corrected chi connectivity index (χ1v) is 11.9. The number of carbonyl (C=O) groups is 1. The highest BCUT2D eigenvalue weighted by Gasteiger charge is 2.62. The third kappa shape index (κ3) is 3.00. The first-order valence-electron chi connectivity index (χ1n) is 11.9. The second-order valence-electron chi connectivity index (χ2n) is 11.4. The molecule has 1 aromatic carbocycles. The van der Waals surface area contributed by atoms with E-state index in [2.05, 4.69) is 25.7 Å². The molecule has 3 nitrogen and oxygen atoms in total. The first kappa shape index (κ1) is 20.3. The summed E-state index contributed by atoms with van der Waals surface area (Å²) in [5.41, 5.74) is 0.580. The van der Waals surface area contributed by atoms with E-state index in [4.69, 9.17) is 4.74 Å². The van der Waals surface area contributed by atoms with Gasteiger partial charge in [-0.05, 0) is 97.3 Å². The summed E-state index contributed by atoms with van der Waals surface area (Å²) in [6, 6.07) is 6.88. The van der Waals surface area contributed by atoms with Gasteiger partial charge in [-0.3, -0.25) is 4.79 Å². The molecule has 3 saturated carbocycles. The minimum atomic E-state index is -0.216. The Bertz CT molecular complexity index is 825. The van der Waals surface area contributed by atoms with Crippen molar-refractivity contribution in [1.82, 2.24) is 4.90 Å². The van der Waals surface area contributed by atoms with Gasteiger partial charge in [0, 0.05) is 19.5 Å².